The Morgan fingerprint density at radius 3 is 2.79 bits per heavy atom. The number of benzene rings is 1. The molecular formula is C12H14BrN3O3. The number of rotatable bonds is 5. The third-order valence-corrected chi connectivity index (χ3v) is 3.02. The van der Waals surface area contributed by atoms with Gasteiger partial charge in [-0.15, -0.1) is 0 Å². The minimum atomic E-state index is 0.178. The van der Waals surface area contributed by atoms with Crippen molar-refractivity contribution in [2.24, 2.45) is 5.73 Å². The van der Waals surface area contributed by atoms with E-state index in [0.717, 1.165) is 10.0 Å². The molecule has 19 heavy (non-hydrogen) atoms. The first-order chi connectivity index (χ1) is 9.13. The SMILES string of the molecule is COc1cc(CN)cc(Br)c1OCc1nc(C)no1. The smallest absolute Gasteiger partial charge is 0.264 e. The van der Waals surface area contributed by atoms with E-state index in [1.54, 1.807) is 14.0 Å². The highest BCUT2D eigenvalue weighted by atomic mass is 79.9. The van der Waals surface area contributed by atoms with Gasteiger partial charge in [0.1, 0.15) is 0 Å². The van der Waals surface area contributed by atoms with Crippen LogP contribution in [0.4, 0.5) is 0 Å². The van der Waals surface area contributed by atoms with Crippen LogP contribution in [0.25, 0.3) is 0 Å². The normalized spacial score (nSPS) is 10.5. The summed E-state index contributed by atoms with van der Waals surface area (Å²) in [6, 6.07) is 3.72. The first-order valence-corrected chi connectivity index (χ1v) is 6.41. The molecule has 0 aliphatic carbocycles. The highest BCUT2D eigenvalue weighted by Gasteiger charge is 2.13. The van der Waals surface area contributed by atoms with Gasteiger partial charge in [0, 0.05) is 6.54 Å². The second-order valence-electron chi connectivity index (χ2n) is 3.84. The van der Waals surface area contributed by atoms with E-state index in [4.69, 9.17) is 19.7 Å². The van der Waals surface area contributed by atoms with E-state index in [0.29, 0.717) is 29.8 Å². The van der Waals surface area contributed by atoms with Crippen molar-refractivity contribution in [3.63, 3.8) is 0 Å². The molecule has 1 heterocycles. The van der Waals surface area contributed by atoms with Gasteiger partial charge in [0.2, 0.25) is 0 Å². The van der Waals surface area contributed by atoms with Crippen LogP contribution in [0.15, 0.2) is 21.1 Å². The molecule has 0 unspecified atom stereocenters. The van der Waals surface area contributed by atoms with Crippen LogP contribution in [0, 0.1) is 6.92 Å². The largest absolute Gasteiger partial charge is 0.493 e. The zero-order valence-electron chi connectivity index (χ0n) is 10.6. The number of nitrogens with zero attached hydrogens (tertiary/aromatic N) is 2. The minimum Gasteiger partial charge on any atom is -0.493 e. The van der Waals surface area contributed by atoms with Gasteiger partial charge >= 0.3 is 0 Å². The summed E-state index contributed by atoms with van der Waals surface area (Å²) in [6.07, 6.45) is 0. The Kier molecular flexibility index (Phi) is 4.39. The number of halogens is 1. The number of hydrogen-bond donors (Lipinski definition) is 1. The summed E-state index contributed by atoms with van der Waals surface area (Å²) in [5, 5.41) is 3.70. The Morgan fingerprint density at radius 1 is 1.42 bits per heavy atom. The summed E-state index contributed by atoms with van der Waals surface area (Å²) in [6.45, 7) is 2.36. The molecule has 0 aliphatic rings. The van der Waals surface area contributed by atoms with Crippen molar-refractivity contribution < 1.29 is 14.0 Å². The highest BCUT2D eigenvalue weighted by molar-refractivity contribution is 9.10. The molecule has 2 rings (SSSR count). The second-order valence-corrected chi connectivity index (χ2v) is 4.69. The van der Waals surface area contributed by atoms with Crippen LogP contribution >= 0.6 is 15.9 Å². The van der Waals surface area contributed by atoms with Gasteiger partial charge in [0.15, 0.2) is 23.9 Å². The predicted molar refractivity (Wildman–Crippen MR) is 72.0 cm³/mol. The van der Waals surface area contributed by atoms with E-state index < -0.39 is 0 Å². The van der Waals surface area contributed by atoms with E-state index >= 15 is 0 Å². The summed E-state index contributed by atoms with van der Waals surface area (Å²) in [7, 11) is 1.58. The monoisotopic (exact) mass is 327 g/mol. The molecule has 0 bridgehead atoms. The van der Waals surface area contributed by atoms with Crippen molar-refractivity contribution in [3.05, 3.63) is 33.9 Å². The lowest BCUT2D eigenvalue weighted by Crippen LogP contribution is -2.02. The lowest BCUT2D eigenvalue weighted by molar-refractivity contribution is 0.232. The van der Waals surface area contributed by atoms with Crippen molar-refractivity contribution in [1.29, 1.82) is 0 Å². The van der Waals surface area contributed by atoms with E-state index in [2.05, 4.69) is 26.1 Å². The van der Waals surface area contributed by atoms with Gasteiger partial charge in [-0.1, -0.05) is 5.16 Å². The maximum Gasteiger partial charge on any atom is 0.264 e. The van der Waals surface area contributed by atoms with Crippen LogP contribution in [-0.2, 0) is 13.2 Å². The molecule has 0 radical (unpaired) electrons. The number of hydrogen-bond acceptors (Lipinski definition) is 6. The van der Waals surface area contributed by atoms with Crippen molar-refractivity contribution in [1.82, 2.24) is 10.1 Å². The van der Waals surface area contributed by atoms with Crippen molar-refractivity contribution in [2.75, 3.05) is 7.11 Å². The number of nitrogens with two attached hydrogens (primary N) is 1. The Labute approximate surface area is 119 Å². The summed E-state index contributed by atoms with van der Waals surface area (Å²) in [4.78, 5) is 4.07. The zero-order valence-corrected chi connectivity index (χ0v) is 12.2. The van der Waals surface area contributed by atoms with Gasteiger partial charge in [-0.05, 0) is 40.5 Å². The third-order valence-electron chi connectivity index (χ3n) is 2.43. The molecule has 0 spiro atoms. The number of aryl methyl sites for hydroxylation is 1. The number of methoxy groups -OCH3 is 1. The maximum absolute atomic E-state index is 5.65. The van der Waals surface area contributed by atoms with Gasteiger partial charge in [-0.25, -0.2) is 0 Å². The molecule has 1 aromatic carbocycles. The topological polar surface area (TPSA) is 83.4 Å². The third kappa shape index (κ3) is 3.24. The fourth-order valence-corrected chi connectivity index (χ4v) is 2.17. The van der Waals surface area contributed by atoms with Crippen molar-refractivity contribution in [3.8, 4) is 11.5 Å². The molecule has 7 heteroatoms. The summed E-state index contributed by atoms with van der Waals surface area (Å²) in [5.74, 6) is 2.17. The fraction of sp³-hybridized carbons (Fsp3) is 0.333. The number of ether oxygens (including phenoxy) is 2. The Balaban J connectivity index is 2.19. The van der Waals surface area contributed by atoms with Gasteiger partial charge < -0.3 is 19.7 Å². The Bertz CT molecular complexity index is 571. The molecule has 0 aliphatic heterocycles. The fourth-order valence-electron chi connectivity index (χ4n) is 1.56. The minimum absolute atomic E-state index is 0.178. The quantitative estimate of drug-likeness (QED) is 0.906. The second kappa shape index (κ2) is 6.03. The van der Waals surface area contributed by atoms with Crippen molar-refractivity contribution >= 4 is 15.9 Å². The molecule has 0 amide bonds. The molecule has 0 fully saturated rings. The van der Waals surface area contributed by atoms with Crippen molar-refractivity contribution in [2.45, 2.75) is 20.1 Å². The lowest BCUT2D eigenvalue weighted by atomic mass is 10.2. The maximum atomic E-state index is 5.65. The zero-order chi connectivity index (χ0) is 13.8. The molecule has 2 N–H and O–H groups in total. The molecule has 0 atom stereocenters. The molecule has 6 nitrogen and oxygen atoms in total. The lowest BCUT2D eigenvalue weighted by Gasteiger charge is -2.12. The highest BCUT2D eigenvalue weighted by Crippen LogP contribution is 2.37. The Hall–Kier alpha value is -1.60. The molecule has 2 aromatic rings. The van der Waals surface area contributed by atoms with Crippen LogP contribution in [0.3, 0.4) is 0 Å². The molecule has 102 valence electrons. The predicted octanol–water partition coefficient (Wildman–Crippen LogP) is 2.19. The first kappa shape index (κ1) is 13.8. The van der Waals surface area contributed by atoms with Crippen LogP contribution in [0.1, 0.15) is 17.3 Å². The average molecular weight is 328 g/mol. The van der Waals surface area contributed by atoms with Gasteiger partial charge in [-0.2, -0.15) is 4.98 Å². The Morgan fingerprint density at radius 2 is 2.21 bits per heavy atom. The van der Waals surface area contributed by atoms with Gasteiger partial charge in [0.05, 0.1) is 11.6 Å². The van der Waals surface area contributed by atoms with Crippen LogP contribution in [0.2, 0.25) is 0 Å². The molecule has 1 aromatic heterocycles. The average Bonchev–Trinajstić information content (AvgIpc) is 2.82. The van der Waals surface area contributed by atoms with Gasteiger partial charge in [0.25, 0.3) is 5.89 Å². The summed E-state index contributed by atoms with van der Waals surface area (Å²) in [5.41, 5.74) is 6.56. The van der Waals surface area contributed by atoms with Gasteiger partial charge in [-0.3, -0.25) is 0 Å². The summed E-state index contributed by atoms with van der Waals surface area (Å²) >= 11 is 3.43. The number of aromatic nitrogens is 2. The standard InChI is InChI=1S/C12H14BrN3O3/c1-7-15-11(19-16-7)6-18-12-9(13)3-8(5-14)4-10(12)17-2/h3-4H,5-6,14H2,1-2H3. The first-order valence-electron chi connectivity index (χ1n) is 5.62. The van der Waals surface area contributed by atoms with E-state index in [9.17, 15) is 0 Å². The van der Waals surface area contributed by atoms with Crippen LogP contribution in [0.5, 0.6) is 11.5 Å². The van der Waals surface area contributed by atoms with Crippen LogP contribution < -0.4 is 15.2 Å². The van der Waals surface area contributed by atoms with E-state index in [1.165, 1.54) is 0 Å². The summed E-state index contributed by atoms with van der Waals surface area (Å²) < 4.78 is 16.7. The van der Waals surface area contributed by atoms with Crippen LogP contribution in [-0.4, -0.2) is 17.3 Å². The van der Waals surface area contributed by atoms with E-state index in [1.807, 2.05) is 12.1 Å². The molecular weight excluding hydrogens is 314 g/mol. The molecule has 0 saturated heterocycles. The molecule has 0 saturated carbocycles. The van der Waals surface area contributed by atoms with E-state index in [-0.39, 0.29) is 6.61 Å².